The normalized spacial score (nSPS) is 27.0. The van der Waals surface area contributed by atoms with E-state index >= 15 is 0 Å². The maximum atomic E-state index is 11.7. The Kier molecular flexibility index (Phi) is 3.23. The van der Waals surface area contributed by atoms with Gasteiger partial charge in [-0.3, -0.25) is 18.8 Å². The highest BCUT2D eigenvalue weighted by Crippen LogP contribution is 2.51. The Bertz CT molecular complexity index is 809. The summed E-state index contributed by atoms with van der Waals surface area (Å²) < 4.78 is 20.3. The van der Waals surface area contributed by atoms with Crippen molar-refractivity contribution in [3.8, 4) is 0 Å². The van der Waals surface area contributed by atoms with Crippen molar-refractivity contribution < 1.29 is 23.6 Å². The lowest BCUT2D eigenvalue weighted by Gasteiger charge is -2.14. The highest BCUT2D eigenvalue weighted by Gasteiger charge is 2.40. The fourth-order valence-electron chi connectivity index (χ4n) is 1.83. The molecule has 3 atom stereocenters. The van der Waals surface area contributed by atoms with E-state index in [4.69, 9.17) is 10.6 Å². The number of phosphoric acid groups is 1. The van der Waals surface area contributed by atoms with Gasteiger partial charge in [-0.2, -0.15) is 4.98 Å². The first-order chi connectivity index (χ1) is 9.85. The first-order valence-corrected chi connectivity index (χ1v) is 7.21. The zero-order valence-electron chi connectivity index (χ0n) is 10.3. The minimum Gasteiger partial charge on any atom is -0.384 e. The van der Waals surface area contributed by atoms with Gasteiger partial charge in [0.1, 0.15) is 12.2 Å². The van der Waals surface area contributed by atoms with E-state index in [-0.39, 0.29) is 29.4 Å². The molecule has 1 aliphatic heterocycles. The second-order valence-corrected chi connectivity index (χ2v) is 5.68. The molecule has 12 heteroatoms. The Balaban J connectivity index is 1.98. The molecule has 0 radical (unpaired) electrons. The molecule has 3 heterocycles. The van der Waals surface area contributed by atoms with E-state index in [1.54, 1.807) is 0 Å². The first-order valence-electron chi connectivity index (χ1n) is 5.72. The summed E-state index contributed by atoms with van der Waals surface area (Å²) in [6, 6.07) is 0. The van der Waals surface area contributed by atoms with Gasteiger partial charge in [0.25, 0.3) is 5.56 Å². The molecule has 2 aromatic heterocycles. The molecule has 1 aliphatic rings. The predicted molar refractivity (Wildman–Crippen MR) is 68.0 cm³/mol. The van der Waals surface area contributed by atoms with E-state index in [1.807, 2.05) is 0 Å². The van der Waals surface area contributed by atoms with Gasteiger partial charge in [-0.1, -0.05) is 0 Å². The third-order valence-electron chi connectivity index (χ3n) is 2.78. The molecule has 3 rings (SSSR count). The van der Waals surface area contributed by atoms with Crippen molar-refractivity contribution in [3.63, 3.8) is 0 Å². The van der Waals surface area contributed by atoms with Crippen LogP contribution in [-0.2, 0) is 13.6 Å². The largest absolute Gasteiger partial charge is 0.472 e. The van der Waals surface area contributed by atoms with Crippen molar-refractivity contribution in [1.29, 1.82) is 0 Å². The lowest BCUT2D eigenvalue weighted by atomic mass is 10.1. The van der Waals surface area contributed by atoms with Crippen LogP contribution in [0.25, 0.3) is 11.2 Å². The van der Waals surface area contributed by atoms with Gasteiger partial charge in [0, 0.05) is 0 Å². The summed E-state index contributed by atoms with van der Waals surface area (Å²) in [4.78, 5) is 34.6. The number of hydrogen-bond acceptors (Lipinski definition) is 9. The Morgan fingerprint density at radius 2 is 2.29 bits per heavy atom. The average molecular weight is 315 g/mol. The number of anilines is 1. The van der Waals surface area contributed by atoms with Crippen molar-refractivity contribution in [1.82, 2.24) is 19.9 Å². The summed E-state index contributed by atoms with van der Waals surface area (Å²) in [5, 5.41) is 10.1. The van der Waals surface area contributed by atoms with E-state index in [1.165, 1.54) is 6.20 Å². The molecule has 0 spiro atoms. The van der Waals surface area contributed by atoms with Crippen LogP contribution in [0.3, 0.4) is 0 Å². The zero-order chi connectivity index (χ0) is 15.2. The lowest BCUT2D eigenvalue weighted by molar-refractivity contribution is 0.0422. The van der Waals surface area contributed by atoms with Crippen molar-refractivity contribution in [2.75, 3.05) is 12.3 Å². The summed E-state index contributed by atoms with van der Waals surface area (Å²) in [7, 11) is -4.14. The number of aliphatic hydroxyl groups is 1. The van der Waals surface area contributed by atoms with Gasteiger partial charge in [-0.25, -0.2) is 14.5 Å². The SMILES string of the molecule is Nc1nc2ncc(C(O)C3COP(=O)(O)O3)nc2c(=O)[nH]1. The number of aromatic amines is 1. The number of H-pyrrole nitrogens is 1. The minimum absolute atomic E-state index is 0.0172. The Labute approximate surface area is 116 Å². The number of nitrogens with zero attached hydrogens (tertiary/aromatic N) is 3. The molecular formula is C9H10N5O6P. The summed E-state index contributed by atoms with van der Waals surface area (Å²) in [6.07, 6.45) is -1.31. The van der Waals surface area contributed by atoms with Crippen LogP contribution >= 0.6 is 7.82 Å². The van der Waals surface area contributed by atoms with Crippen LogP contribution < -0.4 is 11.3 Å². The van der Waals surface area contributed by atoms with Gasteiger partial charge in [0.2, 0.25) is 5.95 Å². The summed E-state index contributed by atoms with van der Waals surface area (Å²) >= 11 is 0. The van der Waals surface area contributed by atoms with Gasteiger partial charge in [0.05, 0.1) is 18.5 Å². The quantitative estimate of drug-likeness (QED) is 0.495. The van der Waals surface area contributed by atoms with E-state index in [2.05, 4.69) is 29.0 Å². The molecule has 1 fully saturated rings. The number of nitrogens with two attached hydrogens (primary N) is 1. The lowest BCUT2D eigenvalue weighted by Crippen LogP contribution is -2.22. The number of phosphoric ester groups is 1. The summed E-state index contributed by atoms with van der Waals surface area (Å²) in [5.74, 6) is -0.108. The molecule has 112 valence electrons. The number of fused-ring (bicyclic) bond motifs is 1. The Hall–Kier alpha value is -1.91. The molecule has 0 saturated carbocycles. The van der Waals surface area contributed by atoms with Gasteiger partial charge < -0.3 is 15.7 Å². The Morgan fingerprint density at radius 3 is 2.95 bits per heavy atom. The number of nitrogens with one attached hydrogen (secondary N) is 1. The number of hydrogen-bond donors (Lipinski definition) is 4. The second-order valence-electron chi connectivity index (χ2n) is 4.27. The molecular weight excluding hydrogens is 305 g/mol. The fraction of sp³-hybridized carbons (Fsp3) is 0.333. The smallest absolute Gasteiger partial charge is 0.384 e. The van der Waals surface area contributed by atoms with Crippen molar-refractivity contribution in [2.24, 2.45) is 0 Å². The van der Waals surface area contributed by atoms with Crippen LogP contribution in [-0.4, -0.2) is 42.6 Å². The summed E-state index contributed by atoms with van der Waals surface area (Å²) in [6.45, 7) is -0.287. The van der Waals surface area contributed by atoms with Crippen LogP contribution in [0, 0.1) is 0 Å². The molecule has 3 unspecified atom stereocenters. The third-order valence-corrected chi connectivity index (χ3v) is 3.79. The molecule has 5 N–H and O–H groups in total. The third kappa shape index (κ3) is 2.64. The van der Waals surface area contributed by atoms with Gasteiger partial charge in [-0.05, 0) is 0 Å². The van der Waals surface area contributed by atoms with Crippen LogP contribution in [0.1, 0.15) is 11.8 Å². The molecule has 21 heavy (non-hydrogen) atoms. The van der Waals surface area contributed by atoms with Crippen LogP contribution in [0.5, 0.6) is 0 Å². The standard InChI is InChI=1S/C9H10N5O6P/c10-9-13-7-5(8(16)14-9)12-3(1-11-7)6(15)4-2-19-21(17,18)20-4/h1,4,6,15H,2H2,(H,17,18)(H3,10,11,13,14,16). The van der Waals surface area contributed by atoms with Crippen molar-refractivity contribution in [2.45, 2.75) is 12.2 Å². The van der Waals surface area contributed by atoms with E-state index in [0.29, 0.717) is 0 Å². The maximum absolute atomic E-state index is 11.7. The molecule has 2 aromatic rings. The summed E-state index contributed by atoms with van der Waals surface area (Å²) in [5.41, 5.74) is 4.64. The van der Waals surface area contributed by atoms with Gasteiger partial charge in [-0.15, -0.1) is 0 Å². The molecule has 0 aromatic carbocycles. The van der Waals surface area contributed by atoms with Crippen LogP contribution in [0.2, 0.25) is 0 Å². The first kappa shape index (κ1) is 14.0. The molecule has 11 nitrogen and oxygen atoms in total. The van der Waals surface area contributed by atoms with Crippen molar-refractivity contribution >= 4 is 24.9 Å². The molecule has 0 bridgehead atoms. The highest BCUT2D eigenvalue weighted by molar-refractivity contribution is 7.47. The average Bonchev–Trinajstić information content (AvgIpc) is 2.78. The van der Waals surface area contributed by atoms with Crippen molar-refractivity contribution in [3.05, 3.63) is 22.2 Å². The molecule has 0 aliphatic carbocycles. The molecule has 1 saturated heterocycles. The Morgan fingerprint density at radius 1 is 1.52 bits per heavy atom. The second kappa shape index (κ2) is 4.83. The number of aromatic nitrogens is 4. The van der Waals surface area contributed by atoms with Gasteiger partial charge >= 0.3 is 7.82 Å². The fourth-order valence-corrected chi connectivity index (χ4v) is 2.74. The number of rotatable bonds is 2. The predicted octanol–water partition coefficient (Wildman–Crippen LogP) is -1.16. The highest BCUT2D eigenvalue weighted by atomic mass is 31.2. The number of aliphatic hydroxyl groups excluding tert-OH is 1. The molecule has 0 amide bonds. The van der Waals surface area contributed by atoms with Crippen LogP contribution in [0.4, 0.5) is 5.95 Å². The van der Waals surface area contributed by atoms with E-state index < -0.39 is 25.6 Å². The van der Waals surface area contributed by atoms with E-state index in [0.717, 1.165) is 0 Å². The van der Waals surface area contributed by atoms with Gasteiger partial charge in [0.15, 0.2) is 11.2 Å². The zero-order valence-corrected chi connectivity index (χ0v) is 11.2. The minimum atomic E-state index is -4.14. The van der Waals surface area contributed by atoms with E-state index in [9.17, 15) is 14.5 Å². The van der Waals surface area contributed by atoms with Crippen LogP contribution in [0.15, 0.2) is 11.0 Å². The maximum Gasteiger partial charge on any atom is 0.472 e. The monoisotopic (exact) mass is 315 g/mol. The number of nitrogen functional groups attached to an aromatic ring is 1. The topological polar surface area (TPSA) is 174 Å².